The zero-order valence-electron chi connectivity index (χ0n) is 18.7. The summed E-state index contributed by atoms with van der Waals surface area (Å²) in [5.74, 6) is -0.377. The van der Waals surface area contributed by atoms with Crippen molar-refractivity contribution in [2.75, 3.05) is 13.2 Å². The molecule has 1 fully saturated rings. The predicted octanol–water partition coefficient (Wildman–Crippen LogP) is 4.77. The number of esters is 1. The van der Waals surface area contributed by atoms with Gasteiger partial charge >= 0.3 is 18.2 Å². The first kappa shape index (κ1) is 24.2. The van der Waals surface area contributed by atoms with E-state index in [0.717, 1.165) is 0 Å². The number of amides is 1. The van der Waals surface area contributed by atoms with Gasteiger partial charge < -0.3 is 19.1 Å². The van der Waals surface area contributed by atoms with Crippen LogP contribution in [0.5, 0.6) is 0 Å². The smallest absolute Gasteiger partial charge is 0.444 e. The summed E-state index contributed by atoms with van der Waals surface area (Å²) in [5.41, 5.74) is -0.730. The van der Waals surface area contributed by atoms with E-state index in [2.05, 4.69) is 20.8 Å². The van der Waals surface area contributed by atoms with Gasteiger partial charge in [0.2, 0.25) is 0 Å². The Bertz CT molecular complexity index is 558. The molecule has 1 rings (SSSR count). The van der Waals surface area contributed by atoms with Gasteiger partial charge in [0.15, 0.2) is 0 Å². The molecule has 0 aromatic heterocycles. The predicted molar refractivity (Wildman–Crippen MR) is 106 cm³/mol. The van der Waals surface area contributed by atoms with Gasteiger partial charge in [-0.15, -0.1) is 0 Å². The quantitative estimate of drug-likeness (QED) is 0.500. The number of piperidine rings is 1. The van der Waals surface area contributed by atoms with Crippen LogP contribution in [0.1, 0.15) is 74.7 Å². The Hall–Kier alpha value is -1.79. The van der Waals surface area contributed by atoms with Crippen LogP contribution < -0.4 is 0 Å². The topological polar surface area (TPSA) is 82.1 Å². The molecule has 0 radical (unpaired) electrons. The zero-order chi connectivity index (χ0) is 21.7. The van der Waals surface area contributed by atoms with Crippen LogP contribution in [0.4, 0.5) is 9.59 Å². The van der Waals surface area contributed by atoms with Gasteiger partial charge in [0, 0.05) is 19.0 Å². The van der Waals surface area contributed by atoms with E-state index in [1.807, 2.05) is 34.6 Å². The van der Waals surface area contributed by atoms with Crippen molar-refractivity contribution in [3.8, 4) is 0 Å². The van der Waals surface area contributed by atoms with Crippen LogP contribution in [0.2, 0.25) is 0 Å². The van der Waals surface area contributed by atoms with Crippen molar-refractivity contribution in [2.45, 2.75) is 86.3 Å². The molecule has 162 valence electrons. The van der Waals surface area contributed by atoms with Crippen LogP contribution in [0, 0.1) is 17.3 Å². The fourth-order valence-electron chi connectivity index (χ4n) is 3.22. The molecule has 1 aliphatic rings. The summed E-state index contributed by atoms with van der Waals surface area (Å²) in [5, 5.41) is 0. The van der Waals surface area contributed by atoms with E-state index in [-0.39, 0.29) is 42.4 Å². The van der Waals surface area contributed by atoms with E-state index in [4.69, 9.17) is 14.2 Å². The molecule has 0 saturated carbocycles. The summed E-state index contributed by atoms with van der Waals surface area (Å²) in [6.45, 7) is 16.3. The summed E-state index contributed by atoms with van der Waals surface area (Å²) >= 11 is 0. The van der Waals surface area contributed by atoms with Gasteiger partial charge in [0.05, 0.1) is 6.61 Å². The van der Waals surface area contributed by atoms with Gasteiger partial charge in [-0.05, 0) is 50.9 Å². The molecule has 28 heavy (non-hydrogen) atoms. The van der Waals surface area contributed by atoms with Crippen LogP contribution in [0.25, 0.3) is 0 Å². The molecule has 1 heterocycles. The van der Waals surface area contributed by atoms with Crippen LogP contribution in [0.3, 0.4) is 0 Å². The van der Waals surface area contributed by atoms with Gasteiger partial charge in [0.1, 0.15) is 5.60 Å². The third kappa shape index (κ3) is 8.48. The van der Waals surface area contributed by atoms with Gasteiger partial charge in [-0.3, -0.25) is 4.79 Å². The molecule has 2 atom stereocenters. The molecule has 0 aromatic rings. The minimum atomic E-state index is -0.947. The van der Waals surface area contributed by atoms with Crippen molar-refractivity contribution in [1.82, 2.24) is 4.90 Å². The van der Waals surface area contributed by atoms with E-state index in [0.29, 0.717) is 19.4 Å². The van der Waals surface area contributed by atoms with Crippen LogP contribution in [-0.4, -0.2) is 47.9 Å². The molecule has 0 N–H and O–H groups in total. The van der Waals surface area contributed by atoms with E-state index >= 15 is 0 Å². The lowest BCUT2D eigenvalue weighted by Crippen LogP contribution is -2.53. The molecular weight excluding hydrogens is 362 g/mol. The fourth-order valence-corrected chi connectivity index (χ4v) is 3.22. The number of hydrogen-bond acceptors (Lipinski definition) is 6. The summed E-state index contributed by atoms with van der Waals surface area (Å²) in [7, 11) is 0. The lowest BCUT2D eigenvalue weighted by atomic mass is 9.76. The number of carbonyl (C=O) groups excluding carboxylic acids is 3. The Balaban J connectivity index is 2.68. The van der Waals surface area contributed by atoms with Crippen molar-refractivity contribution in [2.24, 2.45) is 17.3 Å². The van der Waals surface area contributed by atoms with Gasteiger partial charge in [-0.2, -0.15) is 0 Å². The Morgan fingerprint density at radius 1 is 1.07 bits per heavy atom. The summed E-state index contributed by atoms with van der Waals surface area (Å²) in [6.07, 6.45) is 0.162. The Kier molecular flexibility index (Phi) is 8.32. The highest BCUT2D eigenvalue weighted by Crippen LogP contribution is 2.36. The van der Waals surface area contributed by atoms with E-state index < -0.39 is 17.7 Å². The maximum Gasteiger partial charge on any atom is 0.516 e. The maximum absolute atomic E-state index is 12.6. The number of rotatable bonds is 4. The summed E-state index contributed by atoms with van der Waals surface area (Å²) in [6, 6.07) is -0.0678. The Morgan fingerprint density at radius 3 is 2.18 bits per heavy atom. The Labute approximate surface area is 169 Å². The molecule has 1 aliphatic heterocycles. The van der Waals surface area contributed by atoms with E-state index in [9.17, 15) is 14.4 Å². The molecule has 0 aromatic carbocycles. The second kappa shape index (κ2) is 9.61. The monoisotopic (exact) mass is 399 g/mol. The van der Waals surface area contributed by atoms with Crippen molar-refractivity contribution in [3.63, 3.8) is 0 Å². The molecular formula is C21H37NO6. The summed E-state index contributed by atoms with van der Waals surface area (Å²) in [4.78, 5) is 38.1. The second-order valence-corrected chi connectivity index (χ2v) is 10.1. The van der Waals surface area contributed by atoms with Crippen molar-refractivity contribution in [3.05, 3.63) is 0 Å². The van der Waals surface area contributed by atoms with Crippen LogP contribution in [-0.2, 0) is 19.0 Å². The standard InChI is InChI=1S/C21H37NO6/c1-14(2)13-26-19(25)27-17(23)12-15-9-10-22(16(11-15)20(3,4)5)18(24)28-21(6,7)8/h14-16H,9-13H2,1-8H3. The number of likely N-dealkylation sites (tertiary alicyclic amines) is 1. The zero-order valence-corrected chi connectivity index (χ0v) is 18.7. The van der Waals surface area contributed by atoms with Crippen LogP contribution in [0.15, 0.2) is 0 Å². The van der Waals surface area contributed by atoms with Crippen LogP contribution >= 0.6 is 0 Å². The van der Waals surface area contributed by atoms with E-state index in [1.54, 1.807) is 4.90 Å². The van der Waals surface area contributed by atoms with Gasteiger partial charge in [-0.1, -0.05) is 34.6 Å². The third-order valence-electron chi connectivity index (χ3n) is 4.53. The first-order valence-corrected chi connectivity index (χ1v) is 10.1. The molecule has 1 saturated heterocycles. The van der Waals surface area contributed by atoms with Gasteiger partial charge in [0.25, 0.3) is 0 Å². The fraction of sp³-hybridized carbons (Fsp3) is 0.857. The Morgan fingerprint density at radius 2 is 1.68 bits per heavy atom. The lowest BCUT2D eigenvalue weighted by Gasteiger charge is -2.45. The normalized spacial score (nSPS) is 20.7. The SMILES string of the molecule is CC(C)COC(=O)OC(=O)CC1CCN(C(=O)OC(C)(C)C)C(C(C)(C)C)C1. The average Bonchev–Trinajstić information content (AvgIpc) is 2.50. The van der Waals surface area contributed by atoms with Crippen molar-refractivity contribution < 1.29 is 28.6 Å². The minimum absolute atomic E-state index is 0.0355. The molecule has 0 spiro atoms. The number of ether oxygens (including phenoxy) is 3. The first-order valence-electron chi connectivity index (χ1n) is 10.1. The van der Waals surface area contributed by atoms with Gasteiger partial charge in [-0.25, -0.2) is 9.59 Å². The third-order valence-corrected chi connectivity index (χ3v) is 4.53. The average molecular weight is 400 g/mol. The second-order valence-electron chi connectivity index (χ2n) is 10.1. The maximum atomic E-state index is 12.6. The number of hydrogen-bond donors (Lipinski definition) is 0. The molecule has 2 unspecified atom stereocenters. The molecule has 7 heteroatoms. The molecule has 0 aliphatic carbocycles. The lowest BCUT2D eigenvalue weighted by molar-refractivity contribution is -0.141. The highest BCUT2D eigenvalue weighted by Gasteiger charge is 2.40. The summed E-state index contributed by atoms with van der Waals surface area (Å²) < 4.78 is 15.2. The van der Waals surface area contributed by atoms with E-state index in [1.165, 1.54) is 0 Å². The van der Waals surface area contributed by atoms with Crippen molar-refractivity contribution in [1.29, 1.82) is 0 Å². The minimum Gasteiger partial charge on any atom is -0.444 e. The molecule has 1 amide bonds. The number of carbonyl (C=O) groups is 3. The first-order chi connectivity index (χ1) is 12.7. The van der Waals surface area contributed by atoms with Crippen molar-refractivity contribution >= 4 is 18.2 Å². The largest absolute Gasteiger partial charge is 0.516 e. The number of nitrogens with zero attached hydrogens (tertiary/aromatic N) is 1. The molecule has 7 nitrogen and oxygen atoms in total. The molecule has 0 bridgehead atoms. The highest BCUT2D eigenvalue weighted by atomic mass is 16.7. The highest BCUT2D eigenvalue weighted by molar-refractivity contribution is 5.81.